The highest BCUT2D eigenvalue weighted by Crippen LogP contribution is 2.22. The topological polar surface area (TPSA) is 35.2 Å². The average molecular weight is 235 g/mol. The van der Waals surface area contributed by atoms with E-state index in [-0.39, 0.29) is 11.6 Å². The lowest BCUT2D eigenvalue weighted by Crippen LogP contribution is -2.26. The minimum absolute atomic E-state index is 0.0477. The molecule has 96 valence electrons. The average Bonchev–Trinajstić information content (AvgIpc) is 2.19. The van der Waals surface area contributed by atoms with Gasteiger partial charge in [0.15, 0.2) is 0 Å². The van der Waals surface area contributed by atoms with Crippen molar-refractivity contribution in [1.82, 2.24) is 0 Å². The highest BCUT2D eigenvalue weighted by atomic mass is 16.5. The summed E-state index contributed by atoms with van der Waals surface area (Å²) in [7, 11) is 0. The summed E-state index contributed by atoms with van der Waals surface area (Å²) in [4.78, 5) is 0. The first-order valence-corrected chi connectivity index (χ1v) is 6.18. The fraction of sp³-hybridized carbons (Fsp3) is 0.600. The van der Waals surface area contributed by atoms with Crippen LogP contribution in [0.2, 0.25) is 0 Å². The van der Waals surface area contributed by atoms with Crippen molar-refractivity contribution in [2.45, 2.75) is 53.2 Å². The van der Waals surface area contributed by atoms with Crippen LogP contribution in [0.4, 0.5) is 0 Å². The van der Waals surface area contributed by atoms with E-state index in [1.54, 1.807) is 0 Å². The number of rotatable bonds is 3. The lowest BCUT2D eigenvalue weighted by atomic mass is 9.96. The summed E-state index contributed by atoms with van der Waals surface area (Å²) in [6.07, 6.45) is 0. The van der Waals surface area contributed by atoms with Gasteiger partial charge < -0.3 is 10.5 Å². The third kappa shape index (κ3) is 4.14. The van der Waals surface area contributed by atoms with Gasteiger partial charge >= 0.3 is 0 Å². The number of hydrogen-bond donors (Lipinski definition) is 1. The Morgan fingerprint density at radius 3 is 2.12 bits per heavy atom. The highest BCUT2D eigenvalue weighted by Gasteiger charge is 2.15. The van der Waals surface area contributed by atoms with Crippen LogP contribution < -0.4 is 5.73 Å². The fourth-order valence-electron chi connectivity index (χ4n) is 1.81. The molecule has 0 saturated heterocycles. The van der Waals surface area contributed by atoms with Crippen molar-refractivity contribution in [3.8, 4) is 0 Å². The Labute approximate surface area is 105 Å². The van der Waals surface area contributed by atoms with E-state index in [2.05, 4.69) is 32.9 Å². The van der Waals surface area contributed by atoms with Crippen molar-refractivity contribution < 1.29 is 4.74 Å². The first kappa shape index (κ1) is 14.2. The van der Waals surface area contributed by atoms with E-state index >= 15 is 0 Å². The van der Waals surface area contributed by atoms with Crippen LogP contribution in [0.25, 0.3) is 0 Å². The number of ether oxygens (including phenoxy) is 1. The maximum absolute atomic E-state index is 6.20. The van der Waals surface area contributed by atoms with Gasteiger partial charge in [-0.3, -0.25) is 0 Å². The lowest BCUT2D eigenvalue weighted by Gasteiger charge is -2.24. The summed E-state index contributed by atoms with van der Waals surface area (Å²) < 4.78 is 5.75. The molecule has 0 bridgehead atoms. The van der Waals surface area contributed by atoms with Gasteiger partial charge in [0.05, 0.1) is 18.2 Å². The number of hydrogen-bond acceptors (Lipinski definition) is 2. The monoisotopic (exact) mass is 235 g/mol. The molecule has 0 fully saturated rings. The quantitative estimate of drug-likeness (QED) is 0.871. The van der Waals surface area contributed by atoms with E-state index < -0.39 is 0 Å². The van der Waals surface area contributed by atoms with Crippen LogP contribution in [0, 0.1) is 20.8 Å². The lowest BCUT2D eigenvalue weighted by molar-refractivity contribution is -0.0103. The number of benzene rings is 1. The Balaban J connectivity index is 2.82. The highest BCUT2D eigenvalue weighted by molar-refractivity contribution is 5.38. The third-order valence-electron chi connectivity index (χ3n) is 2.98. The molecule has 0 aliphatic carbocycles. The molecule has 1 aromatic carbocycles. The smallest absolute Gasteiger partial charge is 0.0666 e. The first-order chi connectivity index (χ1) is 7.70. The molecule has 1 unspecified atom stereocenters. The standard InChI is InChI=1S/C15H25NO/c1-10-7-12(3)13(8-11(10)2)14(16)9-17-15(4,5)6/h7-8,14H,9,16H2,1-6H3. The van der Waals surface area contributed by atoms with Crippen LogP contribution in [0.1, 0.15) is 49.1 Å². The van der Waals surface area contributed by atoms with Gasteiger partial charge in [0.1, 0.15) is 0 Å². The largest absolute Gasteiger partial charge is 0.374 e. The summed E-state index contributed by atoms with van der Waals surface area (Å²) in [5.41, 5.74) is 11.1. The summed E-state index contributed by atoms with van der Waals surface area (Å²) in [5.74, 6) is 0. The molecule has 0 aliphatic rings. The zero-order chi connectivity index (χ0) is 13.2. The van der Waals surface area contributed by atoms with Gasteiger partial charge in [0.2, 0.25) is 0 Å². The molecular formula is C15H25NO. The van der Waals surface area contributed by atoms with Gasteiger partial charge in [-0.15, -0.1) is 0 Å². The van der Waals surface area contributed by atoms with E-state index in [0.717, 1.165) is 0 Å². The van der Waals surface area contributed by atoms with Crippen molar-refractivity contribution in [2.75, 3.05) is 6.61 Å². The van der Waals surface area contributed by atoms with E-state index in [1.807, 2.05) is 20.8 Å². The van der Waals surface area contributed by atoms with E-state index in [0.29, 0.717) is 6.61 Å². The van der Waals surface area contributed by atoms with E-state index in [4.69, 9.17) is 10.5 Å². The minimum atomic E-state index is -0.134. The maximum atomic E-state index is 6.20. The predicted molar refractivity (Wildman–Crippen MR) is 73.3 cm³/mol. The Kier molecular flexibility index (Phi) is 4.34. The molecule has 1 aromatic rings. The van der Waals surface area contributed by atoms with Gasteiger partial charge in [-0.25, -0.2) is 0 Å². The summed E-state index contributed by atoms with van der Waals surface area (Å²) in [6, 6.07) is 4.33. The zero-order valence-electron chi connectivity index (χ0n) is 11.9. The second-order valence-electron chi connectivity index (χ2n) is 5.82. The van der Waals surface area contributed by atoms with Crippen molar-refractivity contribution in [1.29, 1.82) is 0 Å². The van der Waals surface area contributed by atoms with E-state index in [1.165, 1.54) is 22.3 Å². The summed E-state index contributed by atoms with van der Waals surface area (Å²) >= 11 is 0. The molecule has 1 atom stereocenters. The molecule has 2 heteroatoms. The molecule has 0 heterocycles. The second kappa shape index (κ2) is 5.19. The molecule has 0 saturated carbocycles. The van der Waals surface area contributed by atoms with Crippen LogP contribution in [-0.4, -0.2) is 12.2 Å². The van der Waals surface area contributed by atoms with Crippen LogP contribution >= 0.6 is 0 Å². The second-order valence-corrected chi connectivity index (χ2v) is 5.82. The van der Waals surface area contributed by atoms with Crippen LogP contribution in [0.5, 0.6) is 0 Å². The van der Waals surface area contributed by atoms with Gasteiger partial charge in [-0.2, -0.15) is 0 Å². The molecule has 0 spiro atoms. The van der Waals surface area contributed by atoms with Gasteiger partial charge in [-0.1, -0.05) is 12.1 Å². The molecule has 0 aliphatic heterocycles. The van der Waals surface area contributed by atoms with Crippen LogP contribution in [0.3, 0.4) is 0 Å². The Bertz CT molecular complexity index is 391. The molecule has 1 rings (SSSR count). The molecular weight excluding hydrogens is 210 g/mol. The van der Waals surface area contributed by atoms with Crippen molar-refractivity contribution >= 4 is 0 Å². The summed E-state index contributed by atoms with van der Waals surface area (Å²) in [5, 5.41) is 0. The Hall–Kier alpha value is -0.860. The first-order valence-electron chi connectivity index (χ1n) is 6.18. The number of aryl methyl sites for hydroxylation is 3. The minimum Gasteiger partial charge on any atom is -0.374 e. The SMILES string of the molecule is Cc1cc(C)c(C(N)COC(C)(C)C)cc1C. The molecule has 17 heavy (non-hydrogen) atoms. The molecule has 0 aromatic heterocycles. The summed E-state index contributed by atoms with van der Waals surface area (Å²) in [6.45, 7) is 13.1. The van der Waals surface area contributed by atoms with Crippen molar-refractivity contribution in [3.05, 3.63) is 34.4 Å². The zero-order valence-corrected chi connectivity index (χ0v) is 11.9. The normalized spacial score (nSPS) is 13.8. The van der Waals surface area contributed by atoms with E-state index in [9.17, 15) is 0 Å². The van der Waals surface area contributed by atoms with Gasteiger partial charge in [0.25, 0.3) is 0 Å². The maximum Gasteiger partial charge on any atom is 0.0666 e. The molecule has 2 nitrogen and oxygen atoms in total. The van der Waals surface area contributed by atoms with Crippen LogP contribution in [-0.2, 0) is 4.74 Å². The fourth-order valence-corrected chi connectivity index (χ4v) is 1.81. The molecule has 0 amide bonds. The predicted octanol–water partition coefficient (Wildman–Crippen LogP) is 3.43. The van der Waals surface area contributed by atoms with Gasteiger partial charge in [0, 0.05) is 0 Å². The Morgan fingerprint density at radius 1 is 1.06 bits per heavy atom. The Morgan fingerprint density at radius 2 is 1.59 bits per heavy atom. The van der Waals surface area contributed by atoms with Crippen LogP contribution in [0.15, 0.2) is 12.1 Å². The van der Waals surface area contributed by atoms with Crippen molar-refractivity contribution in [2.24, 2.45) is 5.73 Å². The molecule has 0 radical (unpaired) electrons. The number of nitrogens with two attached hydrogens (primary N) is 1. The molecule has 2 N–H and O–H groups in total. The van der Waals surface area contributed by atoms with Gasteiger partial charge in [-0.05, 0) is 63.8 Å². The third-order valence-corrected chi connectivity index (χ3v) is 2.98. The van der Waals surface area contributed by atoms with Crippen molar-refractivity contribution in [3.63, 3.8) is 0 Å².